The van der Waals surface area contributed by atoms with Crippen molar-refractivity contribution in [2.45, 2.75) is 13.0 Å². The summed E-state index contributed by atoms with van der Waals surface area (Å²) >= 11 is 1.01. The summed E-state index contributed by atoms with van der Waals surface area (Å²) in [6.07, 6.45) is 1.07. The number of anilines is 1. The first-order valence-corrected chi connectivity index (χ1v) is 11.8. The van der Waals surface area contributed by atoms with Gasteiger partial charge in [-0.15, -0.1) is 11.3 Å². The lowest BCUT2D eigenvalue weighted by molar-refractivity contribution is 0.0597. The van der Waals surface area contributed by atoms with E-state index in [0.29, 0.717) is 23.7 Å². The molecule has 2 rings (SSSR count). The van der Waals surface area contributed by atoms with Gasteiger partial charge in [0.15, 0.2) is 11.5 Å². The molecule has 1 unspecified atom stereocenters. The molecule has 30 heavy (non-hydrogen) atoms. The van der Waals surface area contributed by atoms with Gasteiger partial charge < -0.3 is 25.3 Å². The van der Waals surface area contributed by atoms with Gasteiger partial charge in [-0.2, -0.15) is 0 Å². The molecular formula is C19H24N2O7S2. The molecule has 164 valence electrons. The fourth-order valence-electron chi connectivity index (χ4n) is 2.80. The molecule has 3 N–H and O–H groups in total. The number of benzene rings is 1. The van der Waals surface area contributed by atoms with Crippen LogP contribution in [0.5, 0.6) is 11.5 Å². The van der Waals surface area contributed by atoms with Crippen molar-refractivity contribution in [3.8, 4) is 11.5 Å². The molecule has 0 saturated carbocycles. The molecule has 0 fully saturated rings. The Kier molecular flexibility index (Phi) is 7.68. The molecule has 1 heterocycles. The first-order chi connectivity index (χ1) is 14.1. The number of methoxy groups -OCH3 is 2. The highest BCUT2D eigenvalue weighted by Gasteiger charge is 2.27. The van der Waals surface area contributed by atoms with E-state index in [9.17, 15) is 18.0 Å². The van der Waals surface area contributed by atoms with Crippen molar-refractivity contribution in [2.24, 2.45) is 0 Å². The number of esters is 1. The summed E-state index contributed by atoms with van der Waals surface area (Å²) in [7, 11) is -0.797. The Hall–Kier alpha value is -2.79. The summed E-state index contributed by atoms with van der Waals surface area (Å²) in [6, 6.07) is 3.95. The Morgan fingerprint density at radius 3 is 2.50 bits per heavy atom. The number of amides is 1. The molecule has 0 saturated heterocycles. The van der Waals surface area contributed by atoms with Crippen molar-refractivity contribution < 1.29 is 32.2 Å². The number of carbonyl (C=O) groups excluding carboxylic acids is 2. The number of nitrogens with one attached hydrogen (secondary N) is 1. The van der Waals surface area contributed by atoms with Crippen LogP contribution in [0, 0.1) is 0 Å². The number of nitrogens with two attached hydrogens (primary N) is 1. The van der Waals surface area contributed by atoms with Crippen LogP contribution in [0.4, 0.5) is 5.00 Å². The number of hydrogen-bond donors (Lipinski definition) is 2. The number of hydrogen-bond acceptors (Lipinski definition) is 9. The third-order valence-corrected chi connectivity index (χ3v) is 5.87. The highest BCUT2D eigenvalue weighted by molar-refractivity contribution is 7.90. The largest absolute Gasteiger partial charge is 0.493 e. The standard InChI is InChI=1S/C19H24N2O7S2/c1-5-28-15-8-11(6-7-14(15)26-2)13(10-30(4,24)25)21-18(22)16-12(19(23)27-3)9-29-17(16)20/h6-9,13H,5,10,20H2,1-4H3,(H,21,22). The van der Waals surface area contributed by atoms with Crippen LogP contribution in [0.1, 0.15) is 39.2 Å². The number of ether oxygens (including phenoxy) is 3. The van der Waals surface area contributed by atoms with Crippen molar-refractivity contribution in [1.29, 1.82) is 0 Å². The first-order valence-electron chi connectivity index (χ1n) is 8.85. The zero-order valence-electron chi connectivity index (χ0n) is 17.1. The van der Waals surface area contributed by atoms with E-state index in [1.807, 2.05) is 0 Å². The van der Waals surface area contributed by atoms with Gasteiger partial charge in [0.05, 0.1) is 48.7 Å². The van der Waals surface area contributed by atoms with Gasteiger partial charge in [0.2, 0.25) is 0 Å². The fraction of sp³-hybridized carbons (Fsp3) is 0.368. The summed E-state index contributed by atoms with van der Waals surface area (Å²) in [4.78, 5) is 24.9. The van der Waals surface area contributed by atoms with Crippen LogP contribution in [0.3, 0.4) is 0 Å². The zero-order chi connectivity index (χ0) is 22.5. The van der Waals surface area contributed by atoms with Gasteiger partial charge in [0.1, 0.15) is 9.84 Å². The van der Waals surface area contributed by atoms with Crippen LogP contribution >= 0.6 is 11.3 Å². The maximum absolute atomic E-state index is 12.9. The maximum Gasteiger partial charge on any atom is 0.339 e. The predicted octanol–water partition coefficient (Wildman–Crippen LogP) is 2.04. The first kappa shape index (κ1) is 23.5. The van der Waals surface area contributed by atoms with E-state index in [1.165, 1.54) is 19.6 Å². The quantitative estimate of drug-likeness (QED) is 0.548. The molecule has 0 radical (unpaired) electrons. The SMILES string of the molecule is CCOc1cc(C(CS(C)(=O)=O)NC(=O)c2c(C(=O)OC)csc2N)ccc1OC. The van der Waals surface area contributed by atoms with Crippen LogP contribution in [-0.4, -0.2) is 53.1 Å². The number of sulfone groups is 1. The highest BCUT2D eigenvalue weighted by atomic mass is 32.2. The molecule has 0 aliphatic rings. The second-order valence-corrected chi connectivity index (χ2v) is 9.44. The van der Waals surface area contributed by atoms with Gasteiger partial charge in [-0.3, -0.25) is 4.79 Å². The number of nitrogen functional groups attached to an aromatic ring is 1. The smallest absolute Gasteiger partial charge is 0.339 e. The van der Waals surface area contributed by atoms with Crippen molar-refractivity contribution >= 4 is 38.1 Å². The fourth-order valence-corrected chi connectivity index (χ4v) is 4.46. The molecule has 0 spiro atoms. The zero-order valence-corrected chi connectivity index (χ0v) is 18.7. The van der Waals surface area contributed by atoms with Crippen LogP contribution in [-0.2, 0) is 14.6 Å². The lowest BCUT2D eigenvalue weighted by atomic mass is 10.1. The van der Waals surface area contributed by atoms with Gasteiger partial charge in [0, 0.05) is 11.6 Å². The van der Waals surface area contributed by atoms with E-state index in [1.54, 1.807) is 25.1 Å². The highest BCUT2D eigenvalue weighted by Crippen LogP contribution is 2.32. The predicted molar refractivity (Wildman–Crippen MR) is 114 cm³/mol. The normalized spacial score (nSPS) is 12.1. The topological polar surface area (TPSA) is 134 Å². The molecule has 9 nitrogen and oxygen atoms in total. The van der Waals surface area contributed by atoms with E-state index in [0.717, 1.165) is 17.6 Å². The molecule has 1 atom stereocenters. The van der Waals surface area contributed by atoms with Crippen LogP contribution in [0.25, 0.3) is 0 Å². The number of thiophene rings is 1. The van der Waals surface area contributed by atoms with E-state index in [2.05, 4.69) is 10.1 Å². The summed E-state index contributed by atoms with van der Waals surface area (Å²) in [5.41, 5.74) is 6.33. The Labute approximate surface area is 179 Å². The van der Waals surface area contributed by atoms with Crippen LogP contribution in [0.15, 0.2) is 23.6 Å². The molecule has 0 bridgehead atoms. The van der Waals surface area contributed by atoms with Gasteiger partial charge >= 0.3 is 5.97 Å². The molecular weight excluding hydrogens is 432 g/mol. The molecule has 0 aliphatic heterocycles. The van der Waals surface area contributed by atoms with E-state index >= 15 is 0 Å². The Bertz CT molecular complexity index is 1030. The summed E-state index contributed by atoms with van der Waals surface area (Å²) in [5.74, 6) is -0.878. The maximum atomic E-state index is 12.9. The van der Waals surface area contributed by atoms with Crippen LogP contribution < -0.4 is 20.5 Å². The van der Waals surface area contributed by atoms with Crippen molar-refractivity contribution in [3.63, 3.8) is 0 Å². The number of rotatable bonds is 9. The van der Waals surface area contributed by atoms with Gasteiger partial charge in [0.25, 0.3) is 5.91 Å². The van der Waals surface area contributed by atoms with Crippen molar-refractivity contribution in [2.75, 3.05) is 38.6 Å². The van der Waals surface area contributed by atoms with Crippen molar-refractivity contribution in [3.05, 3.63) is 40.3 Å². The second-order valence-electron chi connectivity index (χ2n) is 6.34. The molecule has 11 heteroatoms. The van der Waals surface area contributed by atoms with Gasteiger partial charge in [-0.05, 0) is 24.6 Å². The minimum Gasteiger partial charge on any atom is -0.493 e. The number of carbonyl (C=O) groups is 2. The Morgan fingerprint density at radius 2 is 1.93 bits per heavy atom. The lowest BCUT2D eigenvalue weighted by Gasteiger charge is -2.20. The van der Waals surface area contributed by atoms with Crippen LogP contribution in [0.2, 0.25) is 0 Å². The van der Waals surface area contributed by atoms with Crippen molar-refractivity contribution in [1.82, 2.24) is 5.32 Å². The molecule has 1 amide bonds. The molecule has 0 aliphatic carbocycles. The second kappa shape index (κ2) is 9.81. The molecule has 1 aromatic carbocycles. The van der Waals surface area contributed by atoms with Gasteiger partial charge in [-0.25, -0.2) is 13.2 Å². The molecule has 2 aromatic rings. The summed E-state index contributed by atoms with van der Waals surface area (Å²) < 4.78 is 39.5. The van der Waals surface area contributed by atoms with Gasteiger partial charge in [-0.1, -0.05) is 6.07 Å². The third-order valence-electron chi connectivity index (χ3n) is 4.12. The minimum absolute atomic E-state index is 0.0142. The van der Waals surface area contributed by atoms with E-state index < -0.39 is 27.8 Å². The summed E-state index contributed by atoms with van der Waals surface area (Å²) in [6.45, 7) is 2.17. The van der Waals surface area contributed by atoms with E-state index in [-0.39, 0.29) is 21.9 Å². The molecule has 1 aromatic heterocycles. The van der Waals surface area contributed by atoms with E-state index in [4.69, 9.17) is 15.2 Å². The average Bonchev–Trinajstić information content (AvgIpc) is 3.07. The average molecular weight is 457 g/mol. The summed E-state index contributed by atoms with van der Waals surface area (Å²) in [5, 5.41) is 4.20. The monoisotopic (exact) mass is 456 g/mol. The Balaban J connectivity index is 2.45. The lowest BCUT2D eigenvalue weighted by Crippen LogP contribution is -2.34. The minimum atomic E-state index is -3.48. The Morgan fingerprint density at radius 1 is 1.23 bits per heavy atom. The third kappa shape index (κ3) is 5.63.